The number of ketones is 1. The summed E-state index contributed by atoms with van der Waals surface area (Å²) in [6, 6.07) is 6.07. The number of Topliss-reactive ketones (excluding diaryl/α,β-unsaturated/α-hetero) is 1. The molecule has 0 aromatic heterocycles. The molecule has 7 heteroatoms. The van der Waals surface area contributed by atoms with Crippen LogP contribution >= 0.6 is 11.6 Å². The average molecular weight is 389 g/mol. The van der Waals surface area contributed by atoms with Crippen molar-refractivity contribution in [3.8, 4) is 11.5 Å². The monoisotopic (exact) mass is 388 g/mol. The van der Waals surface area contributed by atoms with Crippen LogP contribution in [0.2, 0.25) is 0 Å². The smallest absolute Gasteiger partial charge is 0.169 e. The third-order valence-electron chi connectivity index (χ3n) is 6.17. The first-order chi connectivity index (χ1) is 12.8. The van der Waals surface area contributed by atoms with E-state index in [9.17, 15) is 30.3 Å². The van der Waals surface area contributed by atoms with Crippen molar-refractivity contribution < 1.29 is 30.3 Å². The van der Waals surface area contributed by atoms with Crippen molar-refractivity contribution in [1.29, 1.82) is 0 Å². The predicted octanol–water partition coefficient (Wildman–Crippen LogP) is 1.64. The number of benzene rings is 2. The van der Waals surface area contributed by atoms with Crippen molar-refractivity contribution >= 4 is 17.4 Å². The first kappa shape index (κ1) is 17.0. The summed E-state index contributed by atoms with van der Waals surface area (Å²) in [5.74, 6) is -1.94. The molecule has 0 heterocycles. The summed E-state index contributed by atoms with van der Waals surface area (Å²) in [4.78, 5) is 12.5. The van der Waals surface area contributed by atoms with Crippen LogP contribution in [0.1, 0.15) is 62.5 Å². The molecule has 2 aromatic carbocycles. The zero-order valence-electron chi connectivity index (χ0n) is 14.0. The lowest BCUT2D eigenvalue weighted by molar-refractivity contribution is 0.0563. The van der Waals surface area contributed by atoms with Gasteiger partial charge in [0.15, 0.2) is 5.78 Å². The Kier molecular flexibility index (Phi) is 3.44. The van der Waals surface area contributed by atoms with Gasteiger partial charge in [-0.2, -0.15) is 0 Å². The van der Waals surface area contributed by atoms with E-state index in [4.69, 9.17) is 11.6 Å². The molecule has 0 amide bonds. The fraction of sp³-hybridized carbons (Fsp3) is 0.350. The Balaban J connectivity index is 1.92. The van der Waals surface area contributed by atoms with Gasteiger partial charge in [-0.05, 0) is 34.4 Å². The molecule has 0 radical (unpaired) electrons. The number of aliphatic hydroxyl groups is 3. The number of fused-ring (bicyclic) bond motifs is 2. The van der Waals surface area contributed by atoms with Crippen LogP contribution in [0, 0.1) is 0 Å². The van der Waals surface area contributed by atoms with Gasteiger partial charge in [0.05, 0.1) is 23.1 Å². The highest BCUT2D eigenvalue weighted by Gasteiger charge is 2.51. The Morgan fingerprint density at radius 2 is 1.48 bits per heavy atom. The molecular formula is C20H17ClO6. The van der Waals surface area contributed by atoms with Crippen molar-refractivity contribution in [2.24, 2.45) is 0 Å². The van der Waals surface area contributed by atoms with Gasteiger partial charge in [0.2, 0.25) is 0 Å². The van der Waals surface area contributed by atoms with Crippen molar-refractivity contribution in [1.82, 2.24) is 0 Å². The summed E-state index contributed by atoms with van der Waals surface area (Å²) in [5.41, 5.74) is 2.62. The lowest BCUT2D eigenvalue weighted by atomic mass is 9.61. The van der Waals surface area contributed by atoms with Gasteiger partial charge in [0.25, 0.3) is 0 Å². The number of carbonyl (C=O) groups excluding carboxylic acids is 1. The van der Waals surface area contributed by atoms with Gasteiger partial charge < -0.3 is 25.5 Å². The Labute approximate surface area is 159 Å². The number of alkyl halides is 1. The molecule has 6 atom stereocenters. The van der Waals surface area contributed by atoms with Crippen LogP contribution in [-0.4, -0.2) is 48.9 Å². The van der Waals surface area contributed by atoms with Crippen molar-refractivity contribution in [3.63, 3.8) is 0 Å². The Hall–Kier alpha value is -2.12. The topological polar surface area (TPSA) is 118 Å². The zero-order chi connectivity index (χ0) is 19.2. The minimum absolute atomic E-state index is 0.132. The number of halogens is 1. The molecule has 0 spiro atoms. The molecule has 5 N–H and O–H groups in total. The Morgan fingerprint density at radius 3 is 2.19 bits per heavy atom. The molecule has 3 aliphatic rings. The molecule has 3 aliphatic carbocycles. The maximum Gasteiger partial charge on any atom is 0.169 e. The number of hydrogen-bond acceptors (Lipinski definition) is 6. The number of phenolic OH excluding ortho intramolecular Hbond substituents is 2. The van der Waals surface area contributed by atoms with E-state index in [2.05, 4.69) is 0 Å². The fourth-order valence-corrected chi connectivity index (χ4v) is 5.37. The number of aliphatic hydroxyl groups excluding tert-OH is 3. The highest BCUT2D eigenvalue weighted by molar-refractivity contribution is 6.21. The highest BCUT2D eigenvalue weighted by Crippen LogP contribution is 2.57. The number of hydrogen-bond donors (Lipinski definition) is 5. The van der Waals surface area contributed by atoms with Crippen LogP contribution < -0.4 is 0 Å². The second kappa shape index (κ2) is 5.45. The van der Waals surface area contributed by atoms with Crippen molar-refractivity contribution in [2.75, 3.05) is 0 Å². The van der Waals surface area contributed by atoms with Gasteiger partial charge in [-0.25, -0.2) is 0 Å². The Bertz CT molecular complexity index is 1000. The number of rotatable bonds is 0. The summed E-state index contributed by atoms with van der Waals surface area (Å²) < 4.78 is 0. The van der Waals surface area contributed by atoms with E-state index < -0.39 is 35.5 Å². The minimum Gasteiger partial charge on any atom is -0.508 e. The van der Waals surface area contributed by atoms with Gasteiger partial charge in [-0.1, -0.05) is 12.1 Å². The SMILES string of the molecule is O=C1C[C@H](O)[C@H]2c3ccc(O)c4c3[C@H](c3ccc(O)c1c32)[C@@H](O)[C@@H](Cl)[C@@H]4O. The molecule has 0 saturated heterocycles. The average Bonchev–Trinajstić information content (AvgIpc) is 2.62. The van der Waals surface area contributed by atoms with Crippen LogP contribution in [0.15, 0.2) is 24.3 Å². The molecular weight excluding hydrogens is 372 g/mol. The lowest BCUT2D eigenvalue weighted by Gasteiger charge is -2.46. The fourth-order valence-electron chi connectivity index (χ4n) is 5.10. The largest absolute Gasteiger partial charge is 0.508 e. The summed E-state index contributed by atoms with van der Waals surface area (Å²) in [6.07, 6.45) is -3.59. The quantitative estimate of drug-likeness (QED) is 0.438. The third-order valence-corrected chi connectivity index (χ3v) is 6.67. The predicted molar refractivity (Wildman–Crippen MR) is 95.5 cm³/mol. The molecule has 0 bridgehead atoms. The van der Waals surface area contributed by atoms with Gasteiger partial charge >= 0.3 is 0 Å². The van der Waals surface area contributed by atoms with E-state index in [1.165, 1.54) is 12.1 Å². The second-order valence-electron chi connectivity index (χ2n) is 7.49. The maximum atomic E-state index is 12.5. The van der Waals surface area contributed by atoms with Crippen molar-refractivity contribution in [2.45, 2.75) is 41.9 Å². The van der Waals surface area contributed by atoms with E-state index in [0.717, 1.165) is 0 Å². The summed E-state index contributed by atoms with van der Waals surface area (Å²) in [7, 11) is 0. The molecule has 0 fully saturated rings. The normalized spacial score (nSPS) is 33.4. The van der Waals surface area contributed by atoms with Crippen LogP contribution in [0.25, 0.3) is 0 Å². The second-order valence-corrected chi connectivity index (χ2v) is 8.00. The van der Waals surface area contributed by atoms with Gasteiger partial charge in [-0.3, -0.25) is 4.79 Å². The molecule has 0 saturated carbocycles. The minimum atomic E-state index is -1.27. The van der Waals surface area contributed by atoms with E-state index in [-0.39, 0.29) is 34.8 Å². The zero-order valence-corrected chi connectivity index (χ0v) is 14.8. The number of aromatic hydroxyl groups is 2. The van der Waals surface area contributed by atoms with Gasteiger partial charge in [0.1, 0.15) is 17.6 Å². The van der Waals surface area contributed by atoms with Crippen molar-refractivity contribution in [3.05, 3.63) is 57.6 Å². The molecule has 140 valence electrons. The molecule has 6 nitrogen and oxygen atoms in total. The van der Waals surface area contributed by atoms with Crippen LogP contribution in [-0.2, 0) is 0 Å². The molecule has 0 aliphatic heterocycles. The van der Waals surface area contributed by atoms with Gasteiger partial charge in [0, 0.05) is 23.8 Å². The molecule has 27 heavy (non-hydrogen) atoms. The van der Waals surface area contributed by atoms with E-state index >= 15 is 0 Å². The van der Waals surface area contributed by atoms with E-state index in [1.54, 1.807) is 12.1 Å². The number of phenols is 2. The number of carbonyl (C=O) groups is 1. The molecule has 5 rings (SSSR count). The first-order valence-electron chi connectivity index (χ1n) is 8.75. The summed E-state index contributed by atoms with van der Waals surface area (Å²) in [6.45, 7) is 0. The highest BCUT2D eigenvalue weighted by atomic mass is 35.5. The summed E-state index contributed by atoms with van der Waals surface area (Å²) in [5, 5.41) is 51.7. The summed E-state index contributed by atoms with van der Waals surface area (Å²) >= 11 is 6.27. The third kappa shape index (κ3) is 1.99. The van der Waals surface area contributed by atoms with E-state index in [1.807, 2.05) is 0 Å². The van der Waals surface area contributed by atoms with E-state index in [0.29, 0.717) is 22.3 Å². The first-order valence-corrected chi connectivity index (χ1v) is 9.19. The Morgan fingerprint density at radius 1 is 0.852 bits per heavy atom. The van der Waals surface area contributed by atoms with Crippen LogP contribution in [0.4, 0.5) is 0 Å². The van der Waals surface area contributed by atoms with Crippen LogP contribution in [0.5, 0.6) is 11.5 Å². The molecule has 0 unspecified atom stereocenters. The standard InChI is InChI=1S/C20H17ClO6/c21-18-19(26)15-7-2-3-8(22)16-11(25)5-10(24)12(13(7)16)6-1-4-9(23)17(14(6)15)20(18)27/h1-4,10,12,15,18-20,22-24,26-27H,5H2/t10-,12+,15-,18+,19+,20+/m0/s1. The van der Waals surface area contributed by atoms with Gasteiger partial charge in [-0.15, -0.1) is 11.6 Å². The maximum absolute atomic E-state index is 12.5. The molecule has 2 aromatic rings. The lowest BCUT2D eigenvalue weighted by Crippen LogP contribution is -2.44. The van der Waals surface area contributed by atoms with Crippen LogP contribution in [0.3, 0.4) is 0 Å².